The van der Waals surface area contributed by atoms with E-state index in [0.29, 0.717) is 29.7 Å². The third-order valence-electron chi connectivity index (χ3n) is 3.02. The van der Waals surface area contributed by atoms with Crippen LogP contribution in [0.4, 0.5) is 0 Å². The van der Waals surface area contributed by atoms with Crippen molar-refractivity contribution in [3.05, 3.63) is 64.7 Å². The number of benzene rings is 1. The smallest absolute Gasteiger partial charge is 0.258 e. The molecule has 0 fully saturated rings. The highest BCUT2D eigenvalue weighted by atomic mass is 35.5. The monoisotopic (exact) mass is 300 g/mol. The number of aromatic nitrogens is 3. The van der Waals surface area contributed by atoms with E-state index in [0.717, 1.165) is 16.8 Å². The van der Waals surface area contributed by atoms with E-state index in [4.69, 9.17) is 21.9 Å². The van der Waals surface area contributed by atoms with Crippen molar-refractivity contribution in [1.29, 1.82) is 0 Å². The maximum Gasteiger partial charge on any atom is 0.258 e. The van der Waals surface area contributed by atoms with Gasteiger partial charge in [0.05, 0.1) is 5.69 Å². The Morgan fingerprint density at radius 3 is 2.71 bits per heavy atom. The molecule has 106 valence electrons. The van der Waals surface area contributed by atoms with Gasteiger partial charge in [-0.2, -0.15) is 4.98 Å². The van der Waals surface area contributed by atoms with Crippen LogP contribution in [0.2, 0.25) is 5.02 Å². The van der Waals surface area contributed by atoms with Crippen LogP contribution in [0.3, 0.4) is 0 Å². The van der Waals surface area contributed by atoms with Gasteiger partial charge >= 0.3 is 0 Å². The average molecular weight is 301 g/mol. The summed E-state index contributed by atoms with van der Waals surface area (Å²) in [7, 11) is 0. The predicted molar refractivity (Wildman–Crippen MR) is 79.7 cm³/mol. The van der Waals surface area contributed by atoms with Crippen molar-refractivity contribution in [2.45, 2.75) is 13.0 Å². The van der Waals surface area contributed by atoms with Crippen LogP contribution in [0, 0.1) is 0 Å². The molecule has 3 aromatic rings. The fraction of sp³-hybridized carbons (Fsp3) is 0.133. The summed E-state index contributed by atoms with van der Waals surface area (Å²) in [5.74, 6) is 1.09. The van der Waals surface area contributed by atoms with Gasteiger partial charge in [0.15, 0.2) is 5.82 Å². The number of nitrogens with zero attached hydrogens (tertiary/aromatic N) is 3. The zero-order valence-corrected chi connectivity index (χ0v) is 11.9. The lowest BCUT2D eigenvalue weighted by molar-refractivity contribution is 0.424. The van der Waals surface area contributed by atoms with Crippen molar-refractivity contribution in [3.8, 4) is 11.5 Å². The lowest BCUT2D eigenvalue weighted by Crippen LogP contribution is -1.99. The molecule has 6 heteroatoms. The minimum Gasteiger partial charge on any atom is -0.334 e. The van der Waals surface area contributed by atoms with Crippen LogP contribution < -0.4 is 5.73 Å². The Labute approximate surface area is 126 Å². The third-order valence-corrected chi connectivity index (χ3v) is 3.27. The number of rotatable bonds is 4. The number of pyridine rings is 1. The van der Waals surface area contributed by atoms with Crippen LogP contribution >= 0.6 is 11.6 Å². The van der Waals surface area contributed by atoms with E-state index in [-0.39, 0.29) is 0 Å². The molecule has 0 unspecified atom stereocenters. The Kier molecular flexibility index (Phi) is 3.94. The summed E-state index contributed by atoms with van der Waals surface area (Å²) >= 11 is 5.86. The summed E-state index contributed by atoms with van der Waals surface area (Å²) in [4.78, 5) is 8.53. The molecular weight excluding hydrogens is 288 g/mol. The molecule has 0 aliphatic heterocycles. The Morgan fingerprint density at radius 1 is 1.14 bits per heavy atom. The minimum absolute atomic E-state index is 0.375. The largest absolute Gasteiger partial charge is 0.334 e. The Hall–Kier alpha value is -2.24. The van der Waals surface area contributed by atoms with Crippen molar-refractivity contribution in [2.24, 2.45) is 5.73 Å². The first-order valence-corrected chi connectivity index (χ1v) is 6.85. The first-order valence-electron chi connectivity index (χ1n) is 6.47. The number of halogens is 1. The molecule has 2 heterocycles. The lowest BCUT2D eigenvalue weighted by atomic mass is 10.1. The van der Waals surface area contributed by atoms with E-state index in [1.807, 2.05) is 36.4 Å². The number of nitrogens with two attached hydrogens (primary N) is 1. The van der Waals surface area contributed by atoms with E-state index < -0.39 is 0 Å². The van der Waals surface area contributed by atoms with Gasteiger partial charge < -0.3 is 10.3 Å². The fourth-order valence-electron chi connectivity index (χ4n) is 1.95. The fourth-order valence-corrected chi connectivity index (χ4v) is 2.08. The molecule has 0 saturated heterocycles. The van der Waals surface area contributed by atoms with Gasteiger partial charge in [-0.1, -0.05) is 28.9 Å². The second-order valence-electron chi connectivity index (χ2n) is 4.56. The lowest BCUT2D eigenvalue weighted by Gasteiger charge is -1.97. The highest BCUT2D eigenvalue weighted by molar-refractivity contribution is 6.30. The van der Waals surface area contributed by atoms with E-state index in [9.17, 15) is 0 Å². The van der Waals surface area contributed by atoms with E-state index in [1.54, 1.807) is 6.20 Å². The summed E-state index contributed by atoms with van der Waals surface area (Å²) in [6.07, 6.45) is 2.27. The highest BCUT2D eigenvalue weighted by Gasteiger charge is 2.10. The van der Waals surface area contributed by atoms with Crippen molar-refractivity contribution in [2.75, 3.05) is 0 Å². The first kappa shape index (κ1) is 13.7. The molecule has 3 rings (SSSR count). The van der Waals surface area contributed by atoms with Crippen LogP contribution in [0.15, 0.2) is 47.1 Å². The maximum absolute atomic E-state index is 5.86. The highest BCUT2D eigenvalue weighted by Crippen LogP contribution is 2.19. The van der Waals surface area contributed by atoms with Gasteiger partial charge in [0, 0.05) is 29.7 Å². The SMILES string of the molecule is NCc1cc(-c2nc(Cc3ccc(Cl)cc3)no2)ccn1. The Bertz CT molecular complexity index is 739. The van der Waals surface area contributed by atoms with Crippen LogP contribution in [-0.2, 0) is 13.0 Å². The summed E-state index contributed by atoms with van der Waals surface area (Å²) in [5, 5.41) is 4.70. The number of hydrogen-bond donors (Lipinski definition) is 1. The molecule has 0 bridgehead atoms. The van der Waals surface area contributed by atoms with Crippen LogP contribution in [0.25, 0.3) is 11.5 Å². The Morgan fingerprint density at radius 2 is 1.95 bits per heavy atom. The van der Waals surface area contributed by atoms with Gasteiger partial charge in [-0.05, 0) is 29.8 Å². The molecule has 2 N–H and O–H groups in total. The molecule has 0 amide bonds. The van der Waals surface area contributed by atoms with Gasteiger partial charge in [-0.3, -0.25) is 4.98 Å². The summed E-state index contributed by atoms with van der Waals surface area (Å²) < 4.78 is 5.29. The maximum atomic E-state index is 5.86. The van der Waals surface area contributed by atoms with E-state index in [1.165, 1.54) is 0 Å². The van der Waals surface area contributed by atoms with Crippen molar-refractivity contribution in [1.82, 2.24) is 15.1 Å². The summed E-state index contributed by atoms with van der Waals surface area (Å²) in [5.41, 5.74) is 8.25. The van der Waals surface area contributed by atoms with Crippen LogP contribution in [0.1, 0.15) is 17.1 Å². The van der Waals surface area contributed by atoms with E-state index in [2.05, 4.69) is 15.1 Å². The normalized spacial score (nSPS) is 10.8. The molecule has 0 radical (unpaired) electrons. The quantitative estimate of drug-likeness (QED) is 0.801. The zero-order valence-electron chi connectivity index (χ0n) is 11.2. The second kappa shape index (κ2) is 6.03. The average Bonchev–Trinajstić information content (AvgIpc) is 2.98. The molecule has 0 aliphatic rings. The summed E-state index contributed by atoms with van der Waals surface area (Å²) in [6.45, 7) is 0.375. The molecule has 21 heavy (non-hydrogen) atoms. The molecule has 2 aromatic heterocycles. The molecule has 0 spiro atoms. The van der Waals surface area contributed by atoms with Crippen molar-refractivity contribution >= 4 is 11.6 Å². The van der Waals surface area contributed by atoms with Gasteiger partial charge in [-0.25, -0.2) is 0 Å². The second-order valence-corrected chi connectivity index (χ2v) is 5.00. The summed E-state index contributed by atoms with van der Waals surface area (Å²) in [6, 6.07) is 11.2. The topological polar surface area (TPSA) is 77.8 Å². The van der Waals surface area contributed by atoms with E-state index >= 15 is 0 Å². The predicted octanol–water partition coefficient (Wildman–Crippen LogP) is 2.83. The van der Waals surface area contributed by atoms with Gasteiger partial charge in [0.2, 0.25) is 0 Å². The van der Waals surface area contributed by atoms with Gasteiger partial charge in [-0.15, -0.1) is 0 Å². The first-order chi connectivity index (χ1) is 10.2. The van der Waals surface area contributed by atoms with Crippen LogP contribution in [-0.4, -0.2) is 15.1 Å². The molecule has 0 saturated carbocycles. The molecule has 5 nitrogen and oxygen atoms in total. The third kappa shape index (κ3) is 3.26. The number of hydrogen-bond acceptors (Lipinski definition) is 5. The molecule has 0 atom stereocenters. The van der Waals surface area contributed by atoms with Crippen molar-refractivity contribution < 1.29 is 4.52 Å². The molecular formula is C15H13ClN4O. The minimum atomic E-state index is 0.375. The zero-order chi connectivity index (χ0) is 14.7. The van der Waals surface area contributed by atoms with Gasteiger partial charge in [0.25, 0.3) is 5.89 Å². The van der Waals surface area contributed by atoms with Crippen molar-refractivity contribution in [3.63, 3.8) is 0 Å². The Balaban J connectivity index is 1.81. The standard InChI is InChI=1S/C15H13ClN4O/c16-12-3-1-10(2-4-12)7-14-19-15(21-20-14)11-5-6-18-13(8-11)9-17/h1-6,8H,7,9,17H2. The molecule has 1 aromatic carbocycles. The van der Waals surface area contributed by atoms with Crippen LogP contribution in [0.5, 0.6) is 0 Å². The molecule has 0 aliphatic carbocycles. The van der Waals surface area contributed by atoms with Gasteiger partial charge in [0.1, 0.15) is 0 Å².